The van der Waals surface area contributed by atoms with Crippen LogP contribution in [0.15, 0.2) is 55.1 Å². The zero-order valence-electron chi connectivity index (χ0n) is 18.2. The fourth-order valence-electron chi connectivity index (χ4n) is 3.84. The van der Waals surface area contributed by atoms with Gasteiger partial charge in [-0.15, -0.1) is 0 Å². The molecule has 0 radical (unpaired) electrons. The number of benzene rings is 2. The minimum Gasteiger partial charge on any atom is -0.458 e. The molecule has 0 amide bonds. The predicted octanol–water partition coefficient (Wildman–Crippen LogP) is 5.61. The van der Waals surface area contributed by atoms with Gasteiger partial charge in [0.2, 0.25) is 5.78 Å². The zero-order valence-corrected chi connectivity index (χ0v) is 18.2. The summed E-state index contributed by atoms with van der Waals surface area (Å²) in [6.07, 6.45) is 3.80. The normalized spacial score (nSPS) is 15.9. The number of esters is 1. The Morgan fingerprint density at radius 3 is 2.20 bits per heavy atom. The van der Waals surface area contributed by atoms with Gasteiger partial charge in [0.05, 0.1) is 5.56 Å². The van der Waals surface area contributed by atoms with Crippen LogP contribution < -0.4 is 0 Å². The highest BCUT2D eigenvalue weighted by Gasteiger charge is 2.36. The number of rotatable bonds is 4. The van der Waals surface area contributed by atoms with Gasteiger partial charge in [0.25, 0.3) is 0 Å². The summed E-state index contributed by atoms with van der Waals surface area (Å²) >= 11 is 0. The first-order valence-electron chi connectivity index (χ1n) is 10.2. The standard InChI is InChI=1S/C27H28O3/c1-6-17-30-25(29)21-11-9-20(10-12-21)24(28)14-8-19-7-13-22-23(18-19)27(4,5)16-15-26(22,2)3/h6-7,9-13,18H,1,15-17H2,2-5H3. The fourth-order valence-corrected chi connectivity index (χ4v) is 3.84. The van der Waals surface area contributed by atoms with Crippen molar-refractivity contribution < 1.29 is 14.3 Å². The molecule has 0 heterocycles. The Morgan fingerprint density at radius 2 is 1.57 bits per heavy atom. The van der Waals surface area contributed by atoms with E-state index in [0.717, 1.165) is 18.4 Å². The summed E-state index contributed by atoms with van der Waals surface area (Å²) in [6, 6.07) is 12.6. The van der Waals surface area contributed by atoms with E-state index in [1.165, 1.54) is 17.2 Å². The molecular formula is C27H28O3. The van der Waals surface area contributed by atoms with Crippen molar-refractivity contribution in [2.24, 2.45) is 0 Å². The number of fused-ring (bicyclic) bond motifs is 1. The second kappa shape index (κ2) is 8.32. The number of ketones is 1. The molecule has 0 atom stereocenters. The van der Waals surface area contributed by atoms with E-state index in [4.69, 9.17) is 4.74 Å². The highest BCUT2D eigenvalue weighted by atomic mass is 16.5. The molecule has 3 heteroatoms. The number of Topliss-reactive ketones (excluding diaryl/α,β-unsaturated/α-hetero) is 1. The van der Waals surface area contributed by atoms with Crippen LogP contribution in [0.4, 0.5) is 0 Å². The largest absolute Gasteiger partial charge is 0.458 e. The summed E-state index contributed by atoms with van der Waals surface area (Å²) < 4.78 is 4.99. The third kappa shape index (κ3) is 4.54. The summed E-state index contributed by atoms with van der Waals surface area (Å²) in [4.78, 5) is 24.3. The molecule has 0 saturated heterocycles. The molecule has 0 spiro atoms. The first kappa shape index (κ1) is 21.6. The minimum absolute atomic E-state index is 0.0998. The van der Waals surface area contributed by atoms with Crippen molar-refractivity contribution in [1.82, 2.24) is 0 Å². The molecule has 0 N–H and O–H groups in total. The quantitative estimate of drug-likeness (QED) is 0.290. The van der Waals surface area contributed by atoms with E-state index in [0.29, 0.717) is 11.1 Å². The van der Waals surface area contributed by atoms with Gasteiger partial charge < -0.3 is 4.74 Å². The van der Waals surface area contributed by atoms with Gasteiger partial charge in [0.15, 0.2) is 0 Å². The van der Waals surface area contributed by atoms with Gasteiger partial charge in [-0.3, -0.25) is 4.79 Å². The van der Waals surface area contributed by atoms with Crippen LogP contribution in [0.25, 0.3) is 0 Å². The Hall–Kier alpha value is -3.12. The molecule has 1 aliphatic carbocycles. The molecule has 0 saturated carbocycles. The Morgan fingerprint density at radius 1 is 0.967 bits per heavy atom. The van der Waals surface area contributed by atoms with Crippen LogP contribution in [-0.2, 0) is 15.6 Å². The van der Waals surface area contributed by atoms with E-state index in [2.05, 4.69) is 58.2 Å². The van der Waals surface area contributed by atoms with Crippen LogP contribution in [-0.4, -0.2) is 18.4 Å². The number of hydrogen-bond donors (Lipinski definition) is 0. The first-order valence-corrected chi connectivity index (χ1v) is 10.2. The van der Waals surface area contributed by atoms with Crippen LogP contribution in [0.2, 0.25) is 0 Å². The van der Waals surface area contributed by atoms with Gasteiger partial charge in [-0.1, -0.05) is 52.3 Å². The van der Waals surface area contributed by atoms with Crippen molar-refractivity contribution in [1.29, 1.82) is 0 Å². The van der Waals surface area contributed by atoms with Gasteiger partial charge >= 0.3 is 5.97 Å². The summed E-state index contributed by atoms with van der Waals surface area (Å²) in [5.74, 6) is 5.03. The van der Waals surface area contributed by atoms with Crippen molar-refractivity contribution in [3.8, 4) is 11.8 Å². The van der Waals surface area contributed by atoms with Gasteiger partial charge in [-0.05, 0) is 77.1 Å². The monoisotopic (exact) mass is 400 g/mol. The maximum atomic E-state index is 12.5. The lowest BCUT2D eigenvalue weighted by Crippen LogP contribution is -2.33. The lowest BCUT2D eigenvalue weighted by molar-refractivity contribution is 0.0549. The highest BCUT2D eigenvalue weighted by molar-refractivity contribution is 6.09. The molecule has 0 bridgehead atoms. The summed E-state index contributed by atoms with van der Waals surface area (Å²) in [5.41, 5.74) is 4.62. The van der Waals surface area contributed by atoms with Crippen LogP contribution in [0.1, 0.15) is 77.9 Å². The van der Waals surface area contributed by atoms with Gasteiger partial charge in [-0.25, -0.2) is 4.79 Å². The molecular weight excluding hydrogens is 372 g/mol. The maximum Gasteiger partial charge on any atom is 0.338 e. The second-order valence-corrected chi connectivity index (χ2v) is 9.07. The van der Waals surface area contributed by atoms with Crippen molar-refractivity contribution in [2.45, 2.75) is 51.4 Å². The third-order valence-corrected chi connectivity index (χ3v) is 5.89. The fraction of sp³-hybridized carbons (Fsp3) is 0.333. The van der Waals surface area contributed by atoms with Crippen molar-refractivity contribution >= 4 is 11.8 Å². The van der Waals surface area contributed by atoms with E-state index in [1.807, 2.05) is 6.07 Å². The molecule has 0 unspecified atom stereocenters. The minimum atomic E-state index is -0.445. The first-order chi connectivity index (χ1) is 14.1. The van der Waals surface area contributed by atoms with Crippen LogP contribution in [0, 0.1) is 11.8 Å². The topological polar surface area (TPSA) is 43.4 Å². The van der Waals surface area contributed by atoms with E-state index in [1.54, 1.807) is 24.3 Å². The Kier molecular flexibility index (Phi) is 5.99. The number of carbonyl (C=O) groups excluding carboxylic acids is 2. The molecule has 2 aromatic rings. The van der Waals surface area contributed by atoms with Crippen LogP contribution in [0.5, 0.6) is 0 Å². The van der Waals surface area contributed by atoms with E-state index in [9.17, 15) is 9.59 Å². The zero-order chi connectivity index (χ0) is 21.9. The highest BCUT2D eigenvalue weighted by Crippen LogP contribution is 2.45. The molecule has 0 aromatic heterocycles. The lowest BCUT2D eigenvalue weighted by atomic mass is 9.63. The lowest BCUT2D eigenvalue weighted by Gasteiger charge is -2.41. The molecule has 3 rings (SSSR count). The molecule has 3 nitrogen and oxygen atoms in total. The number of ether oxygens (including phenoxy) is 1. The van der Waals surface area contributed by atoms with Gasteiger partial charge in [0, 0.05) is 11.1 Å². The molecule has 2 aromatic carbocycles. The van der Waals surface area contributed by atoms with Crippen molar-refractivity contribution in [3.63, 3.8) is 0 Å². The molecule has 154 valence electrons. The summed E-state index contributed by atoms with van der Waals surface area (Å²) in [5, 5.41) is 0. The van der Waals surface area contributed by atoms with Crippen molar-refractivity contribution in [2.75, 3.05) is 6.61 Å². The Labute approximate surface area is 179 Å². The molecule has 0 fully saturated rings. The van der Waals surface area contributed by atoms with E-state index >= 15 is 0 Å². The molecule has 30 heavy (non-hydrogen) atoms. The Bertz CT molecular complexity index is 1040. The van der Waals surface area contributed by atoms with E-state index < -0.39 is 5.97 Å². The predicted molar refractivity (Wildman–Crippen MR) is 120 cm³/mol. The second-order valence-electron chi connectivity index (χ2n) is 9.07. The number of carbonyl (C=O) groups is 2. The average Bonchev–Trinajstić information content (AvgIpc) is 2.73. The van der Waals surface area contributed by atoms with Gasteiger partial charge in [0.1, 0.15) is 6.61 Å². The maximum absolute atomic E-state index is 12.5. The smallest absolute Gasteiger partial charge is 0.338 e. The molecule has 1 aliphatic rings. The Balaban J connectivity index is 1.80. The summed E-state index contributed by atoms with van der Waals surface area (Å²) in [7, 11) is 0. The average molecular weight is 401 g/mol. The third-order valence-electron chi connectivity index (χ3n) is 5.89. The van der Waals surface area contributed by atoms with Gasteiger partial charge in [-0.2, -0.15) is 0 Å². The van der Waals surface area contributed by atoms with Crippen molar-refractivity contribution in [3.05, 3.63) is 82.9 Å². The van der Waals surface area contributed by atoms with Crippen LogP contribution >= 0.6 is 0 Å². The van der Waals surface area contributed by atoms with E-state index in [-0.39, 0.29) is 23.2 Å². The summed E-state index contributed by atoms with van der Waals surface area (Å²) in [6.45, 7) is 12.8. The number of hydrogen-bond acceptors (Lipinski definition) is 3. The van der Waals surface area contributed by atoms with Crippen LogP contribution in [0.3, 0.4) is 0 Å². The molecule has 0 aliphatic heterocycles. The SMILES string of the molecule is C=CCOC(=O)c1ccc(C(=O)C#Cc2ccc3c(c2)C(C)(C)CCC3(C)C)cc1.